The summed E-state index contributed by atoms with van der Waals surface area (Å²) in [5, 5.41) is 7.90. The van der Waals surface area contributed by atoms with E-state index < -0.39 is 11.9 Å². The molecule has 1 heterocycles. The lowest BCUT2D eigenvalue weighted by atomic mass is 10.2. The van der Waals surface area contributed by atoms with Crippen molar-refractivity contribution >= 4 is 29.2 Å². The molecule has 1 aromatic heterocycles. The maximum absolute atomic E-state index is 12.7. The fourth-order valence-corrected chi connectivity index (χ4v) is 3.27. The predicted molar refractivity (Wildman–Crippen MR) is 111 cm³/mol. The lowest BCUT2D eigenvalue weighted by molar-refractivity contribution is -0.119. The van der Waals surface area contributed by atoms with Crippen LogP contribution < -0.4 is 5.32 Å². The first-order valence-corrected chi connectivity index (χ1v) is 9.77. The molecule has 4 rings (SSSR count). The minimum atomic E-state index is -0.587. The molecule has 1 aliphatic rings. The fourth-order valence-electron chi connectivity index (χ4n) is 3.05. The van der Waals surface area contributed by atoms with Crippen LogP contribution in [0.25, 0.3) is 5.69 Å². The molecule has 1 aliphatic carbocycles. The van der Waals surface area contributed by atoms with Gasteiger partial charge in [0.15, 0.2) is 12.3 Å². The summed E-state index contributed by atoms with van der Waals surface area (Å²) in [5.74, 6) is -0.615. The number of anilines is 1. The summed E-state index contributed by atoms with van der Waals surface area (Å²) in [6.07, 6.45) is 2.15. The van der Waals surface area contributed by atoms with Gasteiger partial charge in [-0.15, -0.1) is 0 Å². The van der Waals surface area contributed by atoms with Crippen LogP contribution in [-0.4, -0.2) is 28.3 Å². The van der Waals surface area contributed by atoms with Crippen LogP contribution >= 0.6 is 11.6 Å². The number of hydrogen-bond acceptors (Lipinski definition) is 4. The number of esters is 1. The maximum atomic E-state index is 12.7. The molecular weight excluding hydrogens is 390 g/mol. The van der Waals surface area contributed by atoms with Gasteiger partial charge in [0.1, 0.15) is 0 Å². The molecule has 7 heteroatoms. The van der Waals surface area contributed by atoms with Crippen LogP contribution in [0.15, 0.2) is 54.6 Å². The molecule has 0 radical (unpaired) electrons. The van der Waals surface area contributed by atoms with Crippen LogP contribution in [0, 0.1) is 6.92 Å². The first-order chi connectivity index (χ1) is 14.0. The molecule has 0 unspecified atom stereocenters. The van der Waals surface area contributed by atoms with E-state index in [1.54, 1.807) is 28.9 Å². The number of ether oxygens (including phenoxy) is 1. The number of hydrogen-bond donors (Lipinski definition) is 1. The zero-order chi connectivity index (χ0) is 20.4. The van der Waals surface area contributed by atoms with Gasteiger partial charge in [-0.05, 0) is 61.7 Å². The van der Waals surface area contributed by atoms with Gasteiger partial charge >= 0.3 is 5.97 Å². The number of rotatable bonds is 6. The molecule has 0 aliphatic heterocycles. The fraction of sp³-hybridized carbons (Fsp3) is 0.227. The maximum Gasteiger partial charge on any atom is 0.357 e. The summed E-state index contributed by atoms with van der Waals surface area (Å²) >= 11 is 5.93. The van der Waals surface area contributed by atoms with Crippen LogP contribution in [0.5, 0.6) is 0 Å². The number of nitrogens with one attached hydrogen (secondary N) is 1. The number of benzene rings is 2. The summed E-state index contributed by atoms with van der Waals surface area (Å²) in [4.78, 5) is 24.9. The van der Waals surface area contributed by atoms with E-state index in [9.17, 15) is 9.59 Å². The average Bonchev–Trinajstić information content (AvgIpc) is 3.47. The third-order valence-electron chi connectivity index (χ3n) is 4.73. The van der Waals surface area contributed by atoms with Crippen molar-refractivity contribution in [3.8, 4) is 5.69 Å². The number of aryl methyl sites for hydroxylation is 1. The third-order valence-corrected chi connectivity index (χ3v) is 4.97. The van der Waals surface area contributed by atoms with E-state index in [0.29, 0.717) is 22.3 Å². The van der Waals surface area contributed by atoms with E-state index in [4.69, 9.17) is 16.3 Å². The molecule has 1 saturated carbocycles. The number of halogens is 1. The molecule has 3 aromatic rings. The molecule has 148 valence electrons. The van der Waals surface area contributed by atoms with Crippen molar-refractivity contribution < 1.29 is 14.3 Å². The topological polar surface area (TPSA) is 73.2 Å². The van der Waals surface area contributed by atoms with E-state index in [1.807, 2.05) is 37.3 Å². The molecule has 0 saturated heterocycles. The Bertz CT molecular complexity index is 1060. The predicted octanol–water partition coefficient (Wildman–Crippen LogP) is 4.51. The van der Waals surface area contributed by atoms with Gasteiger partial charge in [-0.2, -0.15) is 5.10 Å². The monoisotopic (exact) mass is 409 g/mol. The van der Waals surface area contributed by atoms with Gasteiger partial charge in [0.2, 0.25) is 0 Å². The molecule has 0 spiro atoms. The normalized spacial score (nSPS) is 13.2. The van der Waals surface area contributed by atoms with Crippen LogP contribution in [0.3, 0.4) is 0 Å². The Hall–Kier alpha value is -3.12. The SMILES string of the molecule is Cc1cc(Cl)ccc1NC(=O)COC(=O)c1cc(C2CC2)nn1-c1ccccc1. The van der Waals surface area contributed by atoms with Gasteiger partial charge in [0, 0.05) is 16.6 Å². The van der Waals surface area contributed by atoms with E-state index in [-0.39, 0.29) is 6.61 Å². The molecule has 0 bridgehead atoms. The summed E-state index contributed by atoms with van der Waals surface area (Å²) in [7, 11) is 0. The molecule has 0 atom stereocenters. The number of carbonyl (C=O) groups is 2. The molecule has 6 nitrogen and oxygen atoms in total. The summed E-state index contributed by atoms with van der Waals surface area (Å²) in [6.45, 7) is 1.45. The quantitative estimate of drug-likeness (QED) is 0.608. The first-order valence-electron chi connectivity index (χ1n) is 9.40. The highest BCUT2D eigenvalue weighted by Crippen LogP contribution is 2.39. The summed E-state index contributed by atoms with van der Waals surface area (Å²) in [6, 6.07) is 16.3. The molecular formula is C22H20ClN3O3. The van der Waals surface area contributed by atoms with Gasteiger partial charge in [-0.25, -0.2) is 9.48 Å². The Labute approximate surface area is 173 Å². The van der Waals surface area contributed by atoms with Crippen LogP contribution in [0.1, 0.15) is 40.5 Å². The Kier molecular flexibility index (Phi) is 5.36. The second-order valence-electron chi connectivity index (χ2n) is 7.06. The zero-order valence-corrected chi connectivity index (χ0v) is 16.6. The molecule has 1 N–H and O–H groups in total. The lowest BCUT2D eigenvalue weighted by Gasteiger charge is -2.10. The van der Waals surface area contributed by atoms with Crippen molar-refractivity contribution in [2.75, 3.05) is 11.9 Å². The smallest absolute Gasteiger partial charge is 0.357 e. The van der Waals surface area contributed by atoms with Crippen molar-refractivity contribution in [1.29, 1.82) is 0 Å². The van der Waals surface area contributed by atoms with Crippen molar-refractivity contribution in [2.24, 2.45) is 0 Å². The van der Waals surface area contributed by atoms with Crippen LogP contribution in [0.2, 0.25) is 5.02 Å². The average molecular weight is 410 g/mol. The van der Waals surface area contributed by atoms with Crippen molar-refractivity contribution in [2.45, 2.75) is 25.7 Å². The van der Waals surface area contributed by atoms with Crippen molar-refractivity contribution in [1.82, 2.24) is 9.78 Å². The third kappa shape index (κ3) is 4.49. The number of aromatic nitrogens is 2. The van der Waals surface area contributed by atoms with Gasteiger partial charge < -0.3 is 10.1 Å². The Balaban J connectivity index is 1.46. The number of para-hydroxylation sites is 1. The van der Waals surface area contributed by atoms with Gasteiger partial charge in [-0.3, -0.25) is 4.79 Å². The minimum Gasteiger partial charge on any atom is -0.451 e. The van der Waals surface area contributed by atoms with Gasteiger partial charge in [-0.1, -0.05) is 29.8 Å². The highest BCUT2D eigenvalue weighted by atomic mass is 35.5. The highest BCUT2D eigenvalue weighted by molar-refractivity contribution is 6.30. The Morgan fingerprint density at radius 2 is 1.93 bits per heavy atom. The molecule has 2 aromatic carbocycles. The second-order valence-corrected chi connectivity index (χ2v) is 7.50. The van der Waals surface area contributed by atoms with Crippen molar-refractivity contribution in [3.05, 3.63) is 76.6 Å². The Morgan fingerprint density at radius 3 is 2.62 bits per heavy atom. The Morgan fingerprint density at radius 1 is 1.17 bits per heavy atom. The van der Waals surface area contributed by atoms with E-state index in [2.05, 4.69) is 10.4 Å². The molecule has 29 heavy (non-hydrogen) atoms. The summed E-state index contributed by atoms with van der Waals surface area (Å²) in [5.41, 5.74) is 3.41. The molecule has 1 amide bonds. The number of carbonyl (C=O) groups excluding carboxylic acids is 2. The van der Waals surface area contributed by atoms with E-state index in [0.717, 1.165) is 29.8 Å². The van der Waals surface area contributed by atoms with Crippen LogP contribution in [0.4, 0.5) is 5.69 Å². The minimum absolute atomic E-state index is 0.313. The number of nitrogens with zero attached hydrogens (tertiary/aromatic N) is 2. The largest absolute Gasteiger partial charge is 0.451 e. The lowest BCUT2D eigenvalue weighted by Crippen LogP contribution is -2.22. The summed E-state index contributed by atoms with van der Waals surface area (Å²) < 4.78 is 6.84. The van der Waals surface area contributed by atoms with Crippen LogP contribution in [-0.2, 0) is 9.53 Å². The first kappa shape index (κ1) is 19.2. The standard InChI is InChI=1S/C22H20ClN3O3/c1-14-11-16(23)9-10-18(14)24-21(27)13-29-22(28)20-12-19(15-7-8-15)25-26(20)17-5-3-2-4-6-17/h2-6,9-12,15H,7-8,13H2,1H3,(H,24,27). The number of amides is 1. The van der Waals surface area contributed by atoms with E-state index >= 15 is 0 Å². The van der Waals surface area contributed by atoms with Crippen molar-refractivity contribution in [3.63, 3.8) is 0 Å². The van der Waals surface area contributed by atoms with Gasteiger partial charge in [0.25, 0.3) is 5.91 Å². The zero-order valence-electron chi connectivity index (χ0n) is 15.9. The molecule has 1 fully saturated rings. The van der Waals surface area contributed by atoms with E-state index in [1.165, 1.54) is 0 Å². The second kappa shape index (κ2) is 8.09. The van der Waals surface area contributed by atoms with Gasteiger partial charge in [0.05, 0.1) is 11.4 Å². The highest BCUT2D eigenvalue weighted by Gasteiger charge is 2.29.